The Balaban J connectivity index is 1.32. The van der Waals surface area contributed by atoms with E-state index in [-0.39, 0.29) is 17.9 Å². The summed E-state index contributed by atoms with van der Waals surface area (Å²) in [6.45, 7) is 4.70. The lowest BCUT2D eigenvalue weighted by molar-refractivity contribution is 0.0739. The normalized spacial score (nSPS) is 14.3. The van der Waals surface area contributed by atoms with Gasteiger partial charge in [0.2, 0.25) is 11.8 Å². The number of hydrogen-bond donors (Lipinski definition) is 2. The standard InChI is InChI=1S/C30H31N7O2/c1-3-25-35-36-26(39-25)18-37(4-2)29(38)23-8-5-7-22-24(17-32-27(22)23)30(13-6-14-30)20-15-33-28(34-16-20)19-9-11-21(31)12-10-19/h5,7-12,15-17,32H,3-4,6,13-14,18,31H2,1-2H3. The predicted molar refractivity (Wildman–Crippen MR) is 149 cm³/mol. The number of para-hydroxylation sites is 1. The van der Waals surface area contributed by atoms with Crippen molar-refractivity contribution in [3.05, 3.63) is 89.5 Å². The van der Waals surface area contributed by atoms with Crippen LogP contribution < -0.4 is 5.73 Å². The molecule has 0 unspecified atom stereocenters. The number of nitrogen functional groups attached to an aromatic ring is 1. The molecule has 9 nitrogen and oxygen atoms in total. The van der Waals surface area contributed by atoms with Crippen molar-refractivity contribution in [3.8, 4) is 11.4 Å². The van der Waals surface area contributed by atoms with Crippen molar-refractivity contribution in [1.82, 2.24) is 30.0 Å². The van der Waals surface area contributed by atoms with Crippen LogP contribution >= 0.6 is 0 Å². The molecule has 0 aliphatic heterocycles. The number of rotatable bonds is 8. The molecule has 6 rings (SSSR count). The number of nitrogens with one attached hydrogen (secondary N) is 1. The minimum atomic E-state index is -0.190. The highest BCUT2D eigenvalue weighted by Crippen LogP contribution is 2.51. The van der Waals surface area contributed by atoms with Crippen LogP contribution in [0, 0.1) is 0 Å². The van der Waals surface area contributed by atoms with Crippen LogP contribution in [0.5, 0.6) is 0 Å². The molecule has 5 aromatic rings. The molecule has 1 fully saturated rings. The van der Waals surface area contributed by atoms with Gasteiger partial charge in [0.15, 0.2) is 5.82 Å². The lowest BCUT2D eigenvalue weighted by Gasteiger charge is -2.42. The molecule has 3 heterocycles. The van der Waals surface area contributed by atoms with Gasteiger partial charge in [-0.05, 0) is 61.2 Å². The van der Waals surface area contributed by atoms with Crippen molar-refractivity contribution >= 4 is 22.5 Å². The van der Waals surface area contributed by atoms with Crippen LogP contribution in [0.2, 0.25) is 0 Å². The van der Waals surface area contributed by atoms with E-state index in [1.54, 1.807) is 4.90 Å². The highest BCUT2D eigenvalue weighted by Gasteiger charge is 2.43. The fourth-order valence-corrected chi connectivity index (χ4v) is 5.48. The molecule has 0 atom stereocenters. The summed E-state index contributed by atoms with van der Waals surface area (Å²) in [5, 5.41) is 9.17. The van der Waals surface area contributed by atoms with Gasteiger partial charge in [0, 0.05) is 53.6 Å². The number of carbonyl (C=O) groups excluding carboxylic acids is 1. The van der Waals surface area contributed by atoms with E-state index in [2.05, 4.69) is 27.4 Å². The molecule has 9 heteroatoms. The molecular formula is C30H31N7O2. The third-order valence-corrected chi connectivity index (χ3v) is 7.85. The first-order chi connectivity index (χ1) is 19.0. The number of fused-ring (bicyclic) bond motifs is 1. The molecule has 2 aromatic carbocycles. The van der Waals surface area contributed by atoms with Crippen LogP contribution in [0.1, 0.15) is 66.4 Å². The Hall–Kier alpha value is -4.53. The van der Waals surface area contributed by atoms with Crippen molar-refractivity contribution in [3.63, 3.8) is 0 Å². The second-order valence-electron chi connectivity index (χ2n) is 10.0. The smallest absolute Gasteiger partial charge is 0.256 e. The van der Waals surface area contributed by atoms with Crippen LogP contribution in [0.25, 0.3) is 22.3 Å². The maximum absolute atomic E-state index is 13.7. The molecule has 1 aliphatic carbocycles. The number of hydrogen-bond acceptors (Lipinski definition) is 7. The summed E-state index contributed by atoms with van der Waals surface area (Å²) in [4.78, 5) is 28.2. The Morgan fingerprint density at radius 2 is 1.79 bits per heavy atom. The number of aryl methyl sites for hydroxylation is 1. The van der Waals surface area contributed by atoms with Crippen LogP contribution in [0.15, 0.2) is 65.5 Å². The zero-order valence-corrected chi connectivity index (χ0v) is 22.1. The largest absolute Gasteiger partial charge is 0.423 e. The fourth-order valence-electron chi connectivity index (χ4n) is 5.48. The topological polar surface area (TPSA) is 127 Å². The number of benzene rings is 2. The fraction of sp³-hybridized carbons (Fsp3) is 0.300. The van der Waals surface area contributed by atoms with Gasteiger partial charge in [0.1, 0.15) is 0 Å². The van der Waals surface area contributed by atoms with Gasteiger partial charge in [-0.2, -0.15) is 0 Å². The van der Waals surface area contributed by atoms with Crippen molar-refractivity contribution < 1.29 is 9.21 Å². The molecule has 0 radical (unpaired) electrons. The number of aromatic nitrogens is 5. The van der Waals surface area contributed by atoms with Gasteiger partial charge in [0.05, 0.1) is 17.6 Å². The van der Waals surface area contributed by atoms with Crippen LogP contribution in [0.4, 0.5) is 5.69 Å². The van der Waals surface area contributed by atoms with E-state index in [0.29, 0.717) is 41.8 Å². The maximum Gasteiger partial charge on any atom is 0.256 e. The van der Waals surface area contributed by atoms with Gasteiger partial charge in [-0.3, -0.25) is 4.79 Å². The zero-order valence-electron chi connectivity index (χ0n) is 22.1. The van der Waals surface area contributed by atoms with Crippen molar-refractivity contribution in [1.29, 1.82) is 0 Å². The summed E-state index contributed by atoms with van der Waals surface area (Å²) in [5.41, 5.74) is 11.0. The summed E-state index contributed by atoms with van der Waals surface area (Å²) >= 11 is 0. The first kappa shape index (κ1) is 24.8. The number of amides is 1. The summed E-state index contributed by atoms with van der Waals surface area (Å²) in [7, 11) is 0. The Labute approximate surface area is 226 Å². The van der Waals surface area contributed by atoms with E-state index in [1.165, 1.54) is 5.56 Å². The van der Waals surface area contributed by atoms with E-state index in [9.17, 15) is 4.79 Å². The van der Waals surface area contributed by atoms with Crippen LogP contribution in [-0.4, -0.2) is 42.5 Å². The summed E-state index contributed by atoms with van der Waals surface area (Å²) in [6.07, 6.45) is 9.73. The molecule has 198 valence electrons. The van der Waals surface area contributed by atoms with Crippen LogP contribution in [0.3, 0.4) is 0 Å². The zero-order chi connectivity index (χ0) is 27.0. The number of anilines is 1. The average molecular weight is 522 g/mol. The lowest BCUT2D eigenvalue weighted by Crippen LogP contribution is -2.35. The Kier molecular flexibility index (Phi) is 6.34. The Morgan fingerprint density at radius 1 is 1.05 bits per heavy atom. The predicted octanol–water partition coefficient (Wildman–Crippen LogP) is 5.28. The Morgan fingerprint density at radius 3 is 2.44 bits per heavy atom. The second kappa shape index (κ2) is 9.98. The van der Waals surface area contributed by atoms with Crippen LogP contribution in [-0.2, 0) is 18.4 Å². The molecule has 0 bridgehead atoms. The van der Waals surface area contributed by atoms with Gasteiger partial charge in [-0.25, -0.2) is 9.97 Å². The summed E-state index contributed by atoms with van der Waals surface area (Å²) < 4.78 is 5.66. The molecule has 0 saturated heterocycles. The highest BCUT2D eigenvalue weighted by molar-refractivity contribution is 6.06. The number of carbonyl (C=O) groups is 1. The minimum absolute atomic E-state index is 0.0772. The average Bonchev–Trinajstić information content (AvgIpc) is 3.59. The van der Waals surface area contributed by atoms with Crippen molar-refractivity contribution in [2.75, 3.05) is 12.3 Å². The van der Waals surface area contributed by atoms with E-state index < -0.39 is 0 Å². The molecule has 3 aromatic heterocycles. The number of H-pyrrole nitrogens is 1. The monoisotopic (exact) mass is 521 g/mol. The maximum atomic E-state index is 13.7. The second-order valence-corrected chi connectivity index (χ2v) is 10.0. The first-order valence-corrected chi connectivity index (χ1v) is 13.4. The SMILES string of the molecule is CCc1nnc(CN(CC)C(=O)c2cccc3c(C4(c5cnc(-c6ccc(N)cc6)nc5)CCC4)c[nH]c23)o1. The number of nitrogens with zero attached hydrogens (tertiary/aromatic N) is 5. The third-order valence-electron chi connectivity index (χ3n) is 7.85. The van der Waals surface area contributed by atoms with Gasteiger partial charge >= 0.3 is 0 Å². The summed E-state index contributed by atoms with van der Waals surface area (Å²) in [5.74, 6) is 1.61. The quantitative estimate of drug-likeness (QED) is 0.266. The number of nitrogens with two attached hydrogens (primary N) is 1. The highest BCUT2D eigenvalue weighted by atomic mass is 16.4. The summed E-state index contributed by atoms with van der Waals surface area (Å²) in [6, 6.07) is 13.5. The van der Waals surface area contributed by atoms with Gasteiger partial charge in [-0.1, -0.05) is 25.5 Å². The lowest BCUT2D eigenvalue weighted by atomic mass is 9.61. The molecule has 1 aliphatic rings. The third kappa shape index (κ3) is 4.33. The van der Waals surface area contributed by atoms with Crippen molar-refractivity contribution in [2.24, 2.45) is 0 Å². The first-order valence-electron chi connectivity index (χ1n) is 13.4. The molecular weight excluding hydrogens is 490 g/mol. The van der Waals surface area contributed by atoms with E-state index in [0.717, 1.165) is 41.3 Å². The van der Waals surface area contributed by atoms with Gasteiger partial charge < -0.3 is 20.0 Å². The minimum Gasteiger partial charge on any atom is -0.423 e. The molecule has 3 N–H and O–H groups in total. The number of aromatic amines is 1. The van der Waals surface area contributed by atoms with E-state index in [1.807, 2.05) is 62.6 Å². The molecule has 0 spiro atoms. The van der Waals surface area contributed by atoms with E-state index in [4.69, 9.17) is 20.1 Å². The molecule has 39 heavy (non-hydrogen) atoms. The molecule has 1 amide bonds. The van der Waals surface area contributed by atoms with E-state index >= 15 is 0 Å². The molecule has 1 saturated carbocycles. The van der Waals surface area contributed by atoms with Crippen molar-refractivity contribution in [2.45, 2.75) is 51.5 Å². The Bertz CT molecular complexity index is 1620. The van der Waals surface area contributed by atoms with Gasteiger partial charge in [0.25, 0.3) is 5.91 Å². The van der Waals surface area contributed by atoms with Gasteiger partial charge in [-0.15, -0.1) is 10.2 Å².